The zero-order chi connectivity index (χ0) is 21.6. The summed E-state index contributed by atoms with van der Waals surface area (Å²) in [5, 5.41) is 0. The number of aryl methyl sites for hydroxylation is 1. The largest absolute Gasteiger partial charge is 0.326 e. The summed E-state index contributed by atoms with van der Waals surface area (Å²) in [4.78, 5) is 25.5. The zero-order valence-electron chi connectivity index (χ0n) is 16.8. The quantitative estimate of drug-likeness (QED) is 0.493. The molecule has 0 heterocycles. The van der Waals surface area contributed by atoms with Crippen molar-refractivity contribution in [1.29, 1.82) is 0 Å². The Balaban J connectivity index is 2.13. The number of sulfonamides is 1. The highest BCUT2D eigenvalue weighted by molar-refractivity contribution is 7.89. The van der Waals surface area contributed by atoms with Crippen LogP contribution in [0.5, 0.6) is 0 Å². The van der Waals surface area contributed by atoms with Crippen LogP contribution >= 0.6 is 0 Å². The van der Waals surface area contributed by atoms with Crippen molar-refractivity contribution in [2.45, 2.75) is 25.3 Å². The molecule has 0 aliphatic heterocycles. The number of nitrogens with zero attached hydrogens (tertiary/aromatic N) is 2. The van der Waals surface area contributed by atoms with Gasteiger partial charge < -0.3 is 4.90 Å². The number of terminal acetylenes is 1. The smallest absolute Gasteiger partial charge is 0.243 e. The first-order chi connectivity index (χ1) is 13.6. The molecular formula is C22H24N2O4S. The molecule has 7 heteroatoms. The van der Waals surface area contributed by atoms with Gasteiger partial charge in [-0.1, -0.05) is 47.9 Å². The number of amides is 1. The van der Waals surface area contributed by atoms with E-state index in [4.69, 9.17) is 6.42 Å². The zero-order valence-corrected chi connectivity index (χ0v) is 17.6. The number of carbonyl (C=O) groups is 2. The Morgan fingerprint density at radius 1 is 1.03 bits per heavy atom. The average Bonchev–Trinajstić information content (AvgIpc) is 2.69. The maximum Gasteiger partial charge on any atom is 0.243 e. The molecule has 29 heavy (non-hydrogen) atoms. The molecule has 0 N–H and O–H groups in total. The maximum absolute atomic E-state index is 12.8. The third-order valence-electron chi connectivity index (χ3n) is 4.46. The normalized spacial score (nSPS) is 11.1. The molecule has 2 aromatic rings. The van der Waals surface area contributed by atoms with Gasteiger partial charge in [-0.15, -0.1) is 6.42 Å². The van der Waals surface area contributed by atoms with E-state index in [1.54, 1.807) is 0 Å². The Bertz CT molecular complexity index is 1020. The van der Waals surface area contributed by atoms with Crippen molar-refractivity contribution in [3.8, 4) is 12.3 Å². The standard InChI is InChI=1S/C22H24N2O4S/c1-5-14-24(15-19-8-6-17(2)7-9-19)22(26)16-23(4)29(27,28)21-12-10-20(11-13-21)18(3)25/h1,6-13H,14-16H2,2-4H3. The second-order valence-corrected chi connectivity index (χ2v) is 8.83. The van der Waals surface area contributed by atoms with Gasteiger partial charge in [0.2, 0.25) is 15.9 Å². The van der Waals surface area contributed by atoms with Gasteiger partial charge in [0, 0.05) is 19.2 Å². The van der Waals surface area contributed by atoms with Gasteiger partial charge in [0.25, 0.3) is 0 Å². The second-order valence-electron chi connectivity index (χ2n) is 6.78. The van der Waals surface area contributed by atoms with Gasteiger partial charge >= 0.3 is 0 Å². The molecule has 152 valence electrons. The summed E-state index contributed by atoms with van der Waals surface area (Å²) in [5.74, 6) is 1.90. The fraction of sp³-hybridized carbons (Fsp3) is 0.273. The van der Waals surface area contributed by atoms with Crippen molar-refractivity contribution in [3.63, 3.8) is 0 Å². The van der Waals surface area contributed by atoms with Gasteiger partial charge in [0.1, 0.15) is 0 Å². The average molecular weight is 413 g/mol. The molecule has 0 spiro atoms. The highest BCUT2D eigenvalue weighted by atomic mass is 32.2. The van der Waals surface area contributed by atoms with Crippen LogP contribution in [0, 0.1) is 19.3 Å². The monoisotopic (exact) mass is 412 g/mol. The SMILES string of the molecule is C#CCN(Cc1ccc(C)cc1)C(=O)CN(C)S(=O)(=O)c1ccc(C(C)=O)cc1. The summed E-state index contributed by atoms with van der Waals surface area (Å²) in [6, 6.07) is 13.3. The number of benzene rings is 2. The molecular weight excluding hydrogens is 388 g/mol. The third-order valence-corrected chi connectivity index (χ3v) is 6.27. The summed E-state index contributed by atoms with van der Waals surface area (Å²) < 4.78 is 26.5. The molecule has 0 aromatic heterocycles. The van der Waals surface area contributed by atoms with Gasteiger partial charge in [0.05, 0.1) is 18.0 Å². The Labute approximate surface area is 172 Å². The van der Waals surface area contributed by atoms with Crippen molar-refractivity contribution >= 4 is 21.7 Å². The molecule has 2 rings (SSSR count). The number of Topliss-reactive ketones (excluding diaryl/α,β-unsaturated/α-hetero) is 1. The van der Waals surface area contributed by atoms with E-state index in [0.29, 0.717) is 12.1 Å². The van der Waals surface area contributed by atoms with E-state index in [-0.39, 0.29) is 23.8 Å². The molecule has 0 aliphatic carbocycles. The van der Waals surface area contributed by atoms with Crippen LogP contribution in [-0.4, -0.2) is 49.5 Å². The molecule has 6 nitrogen and oxygen atoms in total. The highest BCUT2D eigenvalue weighted by Crippen LogP contribution is 2.16. The summed E-state index contributed by atoms with van der Waals surface area (Å²) in [6.07, 6.45) is 5.39. The first-order valence-corrected chi connectivity index (χ1v) is 10.4. The van der Waals surface area contributed by atoms with Gasteiger partial charge in [-0.25, -0.2) is 8.42 Å². The van der Waals surface area contributed by atoms with Gasteiger partial charge in [-0.2, -0.15) is 4.31 Å². The lowest BCUT2D eigenvalue weighted by Crippen LogP contribution is -2.41. The molecule has 2 aromatic carbocycles. The Morgan fingerprint density at radius 3 is 2.14 bits per heavy atom. The molecule has 0 saturated carbocycles. The van der Waals surface area contributed by atoms with Crippen LogP contribution in [0.1, 0.15) is 28.4 Å². The Kier molecular flexibility index (Phi) is 7.32. The van der Waals surface area contributed by atoms with Crippen LogP contribution in [0.4, 0.5) is 0 Å². The lowest BCUT2D eigenvalue weighted by atomic mass is 10.1. The summed E-state index contributed by atoms with van der Waals surface area (Å²) in [5.41, 5.74) is 2.43. The first-order valence-electron chi connectivity index (χ1n) is 8.99. The Morgan fingerprint density at radius 2 is 1.62 bits per heavy atom. The lowest BCUT2D eigenvalue weighted by Gasteiger charge is -2.24. The minimum Gasteiger partial charge on any atom is -0.326 e. The number of rotatable bonds is 8. The summed E-state index contributed by atoms with van der Waals surface area (Å²) in [6.45, 7) is 3.40. The van der Waals surface area contributed by atoms with E-state index in [0.717, 1.165) is 15.4 Å². The van der Waals surface area contributed by atoms with E-state index < -0.39 is 15.9 Å². The summed E-state index contributed by atoms with van der Waals surface area (Å²) in [7, 11) is -2.54. The molecule has 0 unspecified atom stereocenters. The van der Waals surface area contributed by atoms with Crippen LogP contribution in [0.2, 0.25) is 0 Å². The predicted molar refractivity (Wildman–Crippen MR) is 112 cm³/mol. The number of hydrogen-bond donors (Lipinski definition) is 0. The fourth-order valence-corrected chi connectivity index (χ4v) is 3.79. The minimum atomic E-state index is -3.88. The van der Waals surface area contributed by atoms with Crippen LogP contribution in [-0.2, 0) is 21.4 Å². The van der Waals surface area contributed by atoms with Gasteiger partial charge in [0.15, 0.2) is 5.78 Å². The van der Waals surface area contributed by atoms with Crippen molar-refractivity contribution < 1.29 is 18.0 Å². The van der Waals surface area contributed by atoms with Crippen LogP contribution < -0.4 is 0 Å². The lowest BCUT2D eigenvalue weighted by molar-refractivity contribution is -0.131. The van der Waals surface area contributed by atoms with E-state index in [2.05, 4.69) is 5.92 Å². The molecule has 1 amide bonds. The van der Waals surface area contributed by atoms with Crippen LogP contribution in [0.15, 0.2) is 53.4 Å². The van der Waals surface area contributed by atoms with Crippen LogP contribution in [0.3, 0.4) is 0 Å². The topological polar surface area (TPSA) is 74.8 Å². The highest BCUT2D eigenvalue weighted by Gasteiger charge is 2.25. The van der Waals surface area contributed by atoms with Crippen molar-refractivity contribution in [2.24, 2.45) is 0 Å². The van der Waals surface area contributed by atoms with Crippen LogP contribution in [0.25, 0.3) is 0 Å². The van der Waals surface area contributed by atoms with E-state index in [9.17, 15) is 18.0 Å². The van der Waals surface area contributed by atoms with Gasteiger partial charge in [-0.3, -0.25) is 9.59 Å². The minimum absolute atomic E-state index is 0.0137. The number of carbonyl (C=O) groups excluding carboxylic acids is 2. The second kappa shape index (κ2) is 9.50. The van der Waals surface area contributed by atoms with Crippen molar-refractivity contribution in [3.05, 3.63) is 65.2 Å². The molecule has 0 atom stereocenters. The van der Waals surface area contributed by atoms with E-state index >= 15 is 0 Å². The number of ketones is 1. The van der Waals surface area contributed by atoms with Crippen molar-refractivity contribution in [1.82, 2.24) is 9.21 Å². The maximum atomic E-state index is 12.8. The molecule has 0 aliphatic rings. The molecule has 0 bridgehead atoms. The van der Waals surface area contributed by atoms with E-state index in [1.165, 1.54) is 43.1 Å². The third kappa shape index (κ3) is 5.76. The molecule has 0 fully saturated rings. The Hall–Kier alpha value is -2.95. The van der Waals surface area contributed by atoms with E-state index in [1.807, 2.05) is 31.2 Å². The van der Waals surface area contributed by atoms with Crippen molar-refractivity contribution in [2.75, 3.05) is 20.1 Å². The summed E-state index contributed by atoms with van der Waals surface area (Å²) >= 11 is 0. The number of hydrogen-bond acceptors (Lipinski definition) is 4. The predicted octanol–water partition coefficient (Wildman–Crippen LogP) is 2.48. The first kappa shape index (κ1) is 22.3. The number of likely N-dealkylation sites (N-methyl/N-ethyl adjacent to an activating group) is 1. The van der Waals surface area contributed by atoms with Gasteiger partial charge in [-0.05, 0) is 31.5 Å². The fourth-order valence-electron chi connectivity index (χ4n) is 2.67. The molecule has 0 radical (unpaired) electrons. The molecule has 0 saturated heterocycles.